The molecule has 6 nitrogen and oxygen atoms in total. The van der Waals surface area contributed by atoms with Gasteiger partial charge in [-0.05, 0) is 64.6 Å². The molecule has 0 fully saturated rings. The van der Waals surface area contributed by atoms with Gasteiger partial charge in [-0.15, -0.1) is 5.10 Å². The van der Waals surface area contributed by atoms with E-state index in [4.69, 9.17) is 5.53 Å². The monoisotopic (exact) mass is 566 g/mol. The summed E-state index contributed by atoms with van der Waals surface area (Å²) in [5, 5.41) is 11.6. The molecule has 2 unspecified atom stereocenters. The second-order valence-corrected chi connectivity index (χ2v) is 10.6. The Balaban J connectivity index is 0.000000175. The Bertz CT molecular complexity index is 1820. The molecule has 0 spiro atoms. The van der Waals surface area contributed by atoms with Gasteiger partial charge in [0.05, 0.1) is 5.69 Å². The zero-order chi connectivity index (χ0) is 29.5. The number of aromatic nitrogens is 3. The van der Waals surface area contributed by atoms with Gasteiger partial charge >= 0.3 is 0 Å². The van der Waals surface area contributed by atoms with Gasteiger partial charge in [0.1, 0.15) is 5.69 Å². The first kappa shape index (κ1) is 30.8. The highest BCUT2D eigenvalue weighted by atomic mass is 15.4. The molecular formula is C37H38N6. The Morgan fingerprint density at radius 1 is 0.744 bits per heavy atom. The summed E-state index contributed by atoms with van der Waals surface area (Å²) < 4.78 is 1.89. The van der Waals surface area contributed by atoms with Crippen molar-refractivity contribution in [2.45, 2.75) is 46.0 Å². The van der Waals surface area contributed by atoms with Gasteiger partial charge in [0, 0.05) is 41.3 Å². The van der Waals surface area contributed by atoms with Gasteiger partial charge in [-0.3, -0.25) is 0 Å². The van der Waals surface area contributed by atoms with Gasteiger partial charge < -0.3 is 0 Å². The number of nitrogens with zero attached hydrogens (tertiary/aromatic N) is 6. The third-order valence-corrected chi connectivity index (χ3v) is 7.83. The molecular weight excluding hydrogens is 528 g/mol. The van der Waals surface area contributed by atoms with E-state index in [0.717, 1.165) is 24.2 Å². The van der Waals surface area contributed by atoms with Crippen LogP contribution in [0, 0.1) is 11.8 Å². The molecule has 2 aliphatic rings. The van der Waals surface area contributed by atoms with Gasteiger partial charge in [0.25, 0.3) is 0 Å². The van der Waals surface area contributed by atoms with Crippen LogP contribution in [0.15, 0.2) is 102 Å². The zero-order valence-corrected chi connectivity index (χ0v) is 24.5. The van der Waals surface area contributed by atoms with Crippen molar-refractivity contribution in [1.29, 1.82) is 0 Å². The molecule has 4 aromatic carbocycles. The van der Waals surface area contributed by atoms with Crippen LogP contribution in [0.2, 0.25) is 0 Å². The molecule has 0 N–H and O–H groups in total. The van der Waals surface area contributed by atoms with E-state index in [9.17, 15) is 0 Å². The van der Waals surface area contributed by atoms with E-state index in [-0.39, 0.29) is 7.43 Å². The van der Waals surface area contributed by atoms with Crippen molar-refractivity contribution in [1.82, 2.24) is 15.0 Å². The highest BCUT2D eigenvalue weighted by Crippen LogP contribution is 2.40. The molecule has 0 aliphatic heterocycles. The zero-order valence-electron chi connectivity index (χ0n) is 24.5. The normalized spacial score (nSPS) is 15.1. The Kier molecular flexibility index (Phi) is 10.2. The smallest absolute Gasteiger partial charge is 0.121 e. The lowest BCUT2D eigenvalue weighted by Crippen LogP contribution is -2.07. The predicted molar refractivity (Wildman–Crippen MR) is 177 cm³/mol. The molecule has 1 heterocycles. The number of hydrogen-bond donors (Lipinski definition) is 0. The number of fused-ring (bicyclic) bond motifs is 7. The van der Waals surface area contributed by atoms with E-state index < -0.39 is 0 Å². The number of benzene rings is 4. The maximum atomic E-state index is 7.33. The third-order valence-electron chi connectivity index (χ3n) is 7.83. The predicted octanol–water partition coefficient (Wildman–Crippen LogP) is 9.12. The average Bonchev–Trinajstić information content (AvgIpc) is 3.40. The fraction of sp³-hybridized carbons (Fsp3) is 0.243. The highest BCUT2D eigenvalue weighted by Gasteiger charge is 2.24. The maximum Gasteiger partial charge on any atom is 0.121 e. The molecule has 0 saturated heterocycles. The largest absolute Gasteiger partial charge is 0.247 e. The van der Waals surface area contributed by atoms with Crippen LogP contribution in [0.5, 0.6) is 0 Å². The van der Waals surface area contributed by atoms with E-state index in [1.54, 1.807) is 0 Å². The Hall–Kier alpha value is -5.11. The number of azide groups is 1. The fourth-order valence-corrected chi connectivity index (χ4v) is 5.79. The summed E-state index contributed by atoms with van der Waals surface area (Å²) in [6.45, 7) is 4.57. The SMILES string of the molecule is C.CC1Cc2ccccc2-c2c(nnn2C)-c2ccccc21.CC1Cc2ccccc2C#Cc2ccccc21.CN=[N+]=[N-]. The lowest BCUT2D eigenvalue weighted by Gasteiger charge is -2.21. The fourth-order valence-electron chi connectivity index (χ4n) is 5.79. The van der Waals surface area contributed by atoms with Crippen LogP contribution in [0.3, 0.4) is 0 Å². The van der Waals surface area contributed by atoms with Crippen molar-refractivity contribution >= 4 is 0 Å². The van der Waals surface area contributed by atoms with Crippen molar-refractivity contribution in [3.05, 3.63) is 141 Å². The quantitative estimate of drug-likeness (QED) is 0.0811. The first-order valence-electron chi connectivity index (χ1n) is 14.2. The second kappa shape index (κ2) is 14.2. The van der Waals surface area contributed by atoms with Crippen LogP contribution in [-0.2, 0) is 19.9 Å². The molecule has 5 aromatic rings. The lowest BCUT2D eigenvalue weighted by atomic mass is 9.83. The van der Waals surface area contributed by atoms with E-state index in [1.165, 1.54) is 51.6 Å². The van der Waals surface area contributed by atoms with Crippen molar-refractivity contribution in [3.63, 3.8) is 0 Å². The van der Waals surface area contributed by atoms with Crippen LogP contribution < -0.4 is 0 Å². The van der Waals surface area contributed by atoms with Gasteiger partial charge in [-0.2, -0.15) is 0 Å². The summed E-state index contributed by atoms with van der Waals surface area (Å²) in [5.74, 6) is 7.59. The lowest BCUT2D eigenvalue weighted by molar-refractivity contribution is 0.719. The maximum absolute atomic E-state index is 7.33. The minimum absolute atomic E-state index is 0. The van der Waals surface area contributed by atoms with Crippen LogP contribution >= 0.6 is 0 Å². The summed E-state index contributed by atoms with van der Waals surface area (Å²) in [6, 6.07) is 34.1. The first-order chi connectivity index (χ1) is 20.5. The molecule has 7 rings (SSSR count). The second-order valence-electron chi connectivity index (χ2n) is 10.6. The molecule has 6 heteroatoms. The van der Waals surface area contributed by atoms with Crippen LogP contribution in [0.4, 0.5) is 0 Å². The van der Waals surface area contributed by atoms with Gasteiger partial charge in [0.2, 0.25) is 0 Å². The molecule has 43 heavy (non-hydrogen) atoms. The Labute approximate surface area is 255 Å². The van der Waals surface area contributed by atoms with Crippen LogP contribution in [0.1, 0.15) is 66.5 Å². The molecule has 0 bridgehead atoms. The van der Waals surface area contributed by atoms with Crippen LogP contribution in [0.25, 0.3) is 33.0 Å². The van der Waals surface area contributed by atoms with Crippen LogP contribution in [-0.4, -0.2) is 22.0 Å². The topological polar surface area (TPSA) is 79.5 Å². The molecule has 0 radical (unpaired) electrons. The minimum Gasteiger partial charge on any atom is -0.247 e. The van der Waals surface area contributed by atoms with E-state index >= 15 is 0 Å². The highest BCUT2D eigenvalue weighted by molar-refractivity contribution is 5.82. The molecule has 1 aromatic heterocycles. The Morgan fingerprint density at radius 3 is 1.98 bits per heavy atom. The number of rotatable bonds is 0. The van der Waals surface area contributed by atoms with Crippen molar-refractivity contribution in [2.24, 2.45) is 12.2 Å². The van der Waals surface area contributed by atoms with Gasteiger partial charge in [-0.25, -0.2) is 4.68 Å². The summed E-state index contributed by atoms with van der Waals surface area (Å²) >= 11 is 0. The van der Waals surface area contributed by atoms with Crippen molar-refractivity contribution in [2.75, 3.05) is 7.05 Å². The van der Waals surface area contributed by atoms with E-state index in [0.29, 0.717) is 11.8 Å². The summed E-state index contributed by atoms with van der Waals surface area (Å²) in [6.07, 6.45) is 2.11. The standard InChI is InChI=1S/C18H17N3.C17H14.CH3N3.CH4/c1-12-11-13-7-3-4-9-15(13)18-17(19-20-21(18)2)16-10-6-5-8-14(12)16;1-13-12-16-8-3-2-6-14(16)10-11-15-7-4-5-9-17(13)15;1-3-4-2;/h3-10,12H,11H2,1-2H3;2-9,13H,12H2,1H3;1H3;1H4. The summed E-state index contributed by atoms with van der Waals surface area (Å²) in [7, 11) is 3.36. The molecule has 0 amide bonds. The van der Waals surface area contributed by atoms with E-state index in [1.807, 2.05) is 11.7 Å². The van der Waals surface area contributed by atoms with Crippen molar-refractivity contribution < 1.29 is 0 Å². The number of aryl methyl sites for hydroxylation is 1. The first-order valence-corrected chi connectivity index (χ1v) is 14.2. The molecule has 2 aliphatic carbocycles. The van der Waals surface area contributed by atoms with E-state index in [2.05, 4.69) is 143 Å². The third kappa shape index (κ3) is 6.70. The summed E-state index contributed by atoms with van der Waals surface area (Å²) in [4.78, 5) is 2.36. The number of hydrogen-bond acceptors (Lipinski definition) is 3. The van der Waals surface area contributed by atoms with Gasteiger partial charge in [-0.1, -0.05) is 128 Å². The molecule has 0 saturated carbocycles. The summed E-state index contributed by atoms with van der Waals surface area (Å²) in [5.41, 5.74) is 19.7. The molecule has 216 valence electrons. The average molecular weight is 567 g/mol. The van der Waals surface area contributed by atoms with Crippen molar-refractivity contribution in [3.8, 4) is 34.4 Å². The molecule has 2 atom stereocenters. The Morgan fingerprint density at radius 2 is 1.26 bits per heavy atom. The van der Waals surface area contributed by atoms with Gasteiger partial charge in [0.15, 0.2) is 0 Å². The minimum atomic E-state index is 0.